The van der Waals surface area contributed by atoms with E-state index in [-0.39, 0.29) is 11.9 Å². The molecule has 1 fully saturated rings. The minimum atomic E-state index is -0.237. The minimum Gasteiger partial charge on any atom is -0.307 e. The van der Waals surface area contributed by atoms with Gasteiger partial charge in [0.25, 0.3) is 0 Å². The first-order chi connectivity index (χ1) is 8.28. The first kappa shape index (κ1) is 10.7. The molecule has 1 aromatic carbocycles. The highest BCUT2D eigenvalue weighted by Gasteiger charge is 2.34. The van der Waals surface area contributed by atoms with Gasteiger partial charge in [-0.3, -0.25) is 4.79 Å². The lowest BCUT2D eigenvalue weighted by molar-refractivity contribution is -0.105. The monoisotopic (exact) mass is 231 g/mol. The molecule has 0 aliphatic carbocycles. The smallest absolute Gasteiger partial charge is 0.147 e. The van der Waals surface area contributed by atoms with Crippen LogP contribution in [0.3, 0.4) is 0 Å². The summed E-state index contributed by atoms with van der Waals surface area (Å²) < 4.78 is 12.9. The van der Waals surface area contributed by atoms with Gasteiger partial charge in [0.05, 0.1) is 0 Å². The van der Waals surface area contributed by atoms with Crippen molar-refractivity contribution < 1.29 is 9.18 Å². The molecule has 1 unspecified atom stereocenters. The molecule has 0 amide bonds. The van der Waals surface area contributed by atoms with Crippen molar-refractivity contribution in [2.45, 2.75) is 31.3 Å². The van der Waals surface area contributed by atoms with Gasteiger partial charge >= 0.3 is 0 Å². The molecule has 0 aromatic heterocycles. The van der Waals surface area contributed by atoms with Crippen LogP contribution in [0.25, 0.3) is 5.57 Å². The van der Waals surface area contributed by atoms with Gasteiger partial charge in [-0.2, -0.15) is 0 Å². The average Bonchev–Trinajstić information content (AvgIpc) is 2.73. The van der Waals surface area contributed by atoms with Crippen molar-refractivity contribution in [3.8, 4) is 0 Å². The third-order valence-electron chi connectivity index (χ3n) is 3.73. The van der Waals surface area contributed by atoms with Crippen LogP contribution >= 0.6 is 0 Å². The number of halogens is 1. The van der Waals surface area contributed by atoms with Gasteiger partial charge in [0, 0.05) is 17.7 Å². The highest BCUT2D eigenvalue weighted by atomic mass is 19.1. The van der Waals surface area contributed by atoms with E-state index in [1.165, 1.54) is 12.1 Å². The maximum absolute atomic E-state index is 12.9. The van der Waals surface area contributed by atoms with E-state index in [0.29, 0.717) is 6.04 Å². The SMILES string of the molecule is O=CC1=C(c2ccc(F)cc2)CC2CC[C@H]1N2. The number of hydrogen-bond donors (Lipinski definition) is 1. The quantitative estimate of drug-likeness (QED) is 0.791. The zero-order valence-electron chi connectivity index (χ0n) is 9.45. The summed E-state index contributed by atoms with van der Waals surface area (Å²) in [7, 11) is 0. The standard InChI is InChI=1S/C14H14FNO/c15-10-3-1-9(2-4-10)12-7-11-5-6-14(16-11)13(12)8-17/h1-4,8,11,14,16H,5-7H2/t11?,14-/m1/s1. The molecular weight excluding hydrogens is 217 g/mol. The Hall–Kier alpha value is -1.48. The molecular formula is C14H14FNO. The molecule has 17 heavy (non-hydrogen) atoms. The highest BCUT2D eigenvalue weighted by Crippen LogP contribution is 2.36. The predicted molar refractivity (Wildman–Crippen MR) is 63.9 cm³/mol. The van der Waals surface area contributed by atoms with Crippen molar-refractivity contribution in [2.75, 3.05) is 0 Å². The molecule has 2 aliphatic heterocycles. The summed E-state index contributed by atoms with van der Waals surface area (Å²) in [6, 6.07) is 7.11. The van der Waals surface area contributed by atoms with E-state index in [0.717, 1.165) is 42.3 Å². The van der Waals surface area contributed by atoms with Crippen molar-refractivity contribution in [3.05, 3.63) is 41.2 Å². The molecule has 88 valence electrons. The van der Waals surface area contributed by atoms with Crippen molar-refractivity contribution >= 4 is 11.9 Å². The third kappa shape index (κ3) is 1.80. The lowest BCUT2D eigenvalue weighted by Gasteiger charge is -2.25. The number of carbonyl (C=O) groups excluding carboxylic acids is 1. The summed E-state index contributed by atoms with van der Waals surface area (Å²) in [5, 5.41) is 3.44. The maximum atomic E-state index is 12.9. The molecule has 0 saturated carbocycles. The zero-order chi connectivity index (χ0) is 11.8. The van der Waals surface area contributed by atoms with E-state index >= 15 is 0 Å². The summed E-state index contributed by atoms with van der Waals surface area (Å²) in [5.41, 5.74) is 2.92. The van der Waals surface area contributed by atoms with Crippen molar-refractivity contribution in [3.63, 3.8) is 0 Å². The van der Waals surface area contributed by atoms with Gasteiger partial charge in [-0.25, -0.2) is 4.39 Å². The normalized spacial score (nSPS) is 27.4. The largest absolute Gasteiger partial charge is 0.307 e. The minimum absolute atomic E-state index is 0.200. The second-order valence-electron chi connectivity index (χ2n) is 4.76. The summed E-state index contributed by atoms with van der Waals surface area (Å²) in [4.78, 5) is 11.2. The van der Waals surface area contributed by atoms with Gasteiger partial charge < -0.3 is 5.32 Å². The Balaban J connectivity index is 2.05. The zero-order valence-corrected chi connectivity index (χ0v) is 9.45. The number of hydrogen-bond acceptors (Lipinski definition) is 2. The van der Waals surface area contributed by atoms with Crippen LogP contribution in [0.5, 0.6) is 0 Å². The Morgan fingerprint density at radius 2 is 2.00 bits per heavy atom. The van der Waals surface area contributed by atoms with E-state index in [1.54, 1.807) is 12.1 Å². The Morgan fingerprint density at radius 1 is 1.24 bits per heavy atom. The lowest BCUT2D eigenvalue weighted by Crippen LogP contribution is -2.36. The molecule has 2 atom stereocenters. The fourth-order valence-corrected chi connectivity index (χ4v) is 2.89. The first-order valence-corrected chi connectivity index (χ1v) is 5.98. The fourth-order valence-electron chi connectivity index (χ4n) is 2.89. The third-order valence-corrected chi connectivity index (χ3v) is 3.73. The average molecular weight is 231 g/mol. The summed E-state index contributed by atoms with van der Waals surface area (Å²) >= 11 is 0. The molecule has 3 rings (SSSR count). The molecule has 0 radical (unpaired) electrons. The molecule has 1 aromatic rings. The second-order valence-corrected chi connectivity index (χ2v) is 4.76. The van der Waals surface area contributed by atoms with Gasteiger partial charge in [-0.15, -0.1) is 0 Å². The van der Waals surface area contributed by atoms with E-state index in [2.05, 4.69) is 5.32 Å². The summed E-state index contributed by atoms with van der Waals surface area (Å²) in [6.45, 7) is 0. The van der Waals surface area contributed by atoms with Gasteiger partial charge in [0.1, 0.15) is 12.1 Å². The van der Waals surface area contributed by atoms with Crippen molar-refractivity contribution in [2.24, 2.45) is 0 Å². The van der Waals surface area contributed by atoms with Gasteiger partial charge in [-0.05, 0) is 42.5 Å². The van der Waals surface area contributed by atoms with Crippen molar-refractivity contribution in [1.82, 2.24) is 5.32 Å². The molecule has 2 aliphatic rings. The van der Waals surface area contributed by atoms with Crippen LogP contribution in [0, 0.1) is 5.82 Å². The first-order valence-electron chi connectivity index (χ1n) is 5.98. The number of benzene rings is 1. The molecule has 2 heterocycles. The van der Waals surface area contributed by atoms with Gasteiger partial charge in [-0.1, -0.05) is 12.1 Å². The molecule has 0 spiro atoms. The molecule has 1 N–H and O–H groups in total. The Kier molecular flexibility index (Phi) is 2.56. The molecule has 1 saturated heterocycles. The summed E-state index contributed by atoms with van der Waals surface area (Å²) in [6.07, 6.45) is 3.98. The maximum Gasteiger partial charge on any atom is 0.147 e. The van der Waals surface area contributed by atoms with Gasteiger partial charge in [0.2, 0.25) is 0 Å². The molecule has 3 heteroatoms. The lowest BCUT2D eigenvalue weighted by atomic mass is 9.90. The van der Waals surface area contributed by atoms with Crippen LogP contribution in [-0.2, 0) is 4.79 Å². The van der Waals surface area contributed by atoms with Crippen LogP contribution < -0.4 is 5.32 Å². The van der Waals surface area contributed by atoms with Crippen LogP contribution in [0.1, 0.15) is 24.8 Å². The van der Waals surface area contributed by atoms with Crippen LogP contribution in [-0.4, -0.2) is 18.4 Å². The Morgan fingerprint density at radius 3 is 2.71 bits per heavy atom. The van der Waals surface area contributed by atoms with Gasteiger partial charge in [0.15, 0.2) is 0 Å². The van der Waals surface area contributed by atoms with Crippen molar-refractivity contribution in [1.29, 1.82) is 0 Å². The van der Waals surface area contributed by atoms with E-state index in [1.807, 2.05) is 0 Å². The number of nitrogens with one attached hydrogen (secondary N) is 1. The molecule has 2 bridgehead atoms. The predicted octanol–water partition coefficient (Wildman–Crippen LogP) is 2.30. The van der Waals surface area contributed by atoms with E-state index in [4.69, 9.17) is 0 Å². The van der Waals surface area contributed by atoms with E-state index in [9.17, 15) is 9.18 Å². The number of fused-ring (bicyclic) bond motifs is 2. The second kappa shape index (κ2) is 4.08. The van der Waals surface area contributed by atoms with Crippen LogP contribution in [0.15, 0.2) is 29.8 Å². The molecule has 2 nitrogen and oxygen atoms in total. The summed E-state index contributed by atoms with van der Waals surface area (Å²) in [5.74, 6) is -0.237. The number of carbonyl (C=O) groups is 1. The Bertz CT molecular complexity index is 478. The highest BCUT2D eigenvalue weighted by molar-refractivity contribution is 5.90. The number of rotatable bonds is 2. The number of aldehydes is 1. The van der Waals surface area contributed by atoms with E-state index < -0.39 is 0 Å². The fraction of sp³-hybridized carbons (Fsp3) is 0.357. The Labute approximate surface area is 99.5 Å². The topological polar surface area (TPSA) is 29.1 Å². The van der Waals surface area contributed by atoms with Crippen LogP contribution in [0.2, 0.25) is 0 Å². The van der Waals surface area contributed by atoms with Crippen LogP contribution in [0.4, 0.5) is 4.39 Å².